The van der Waals surface area contributed by atoms with E-state index in [1.165, 1.54) is 16.8 Å². The first-order valence-corrected chi connectivity index (χ1v) is 6.90. The van der Waals surface area contributed by atoms with Crippen LogP contribution in [0.25, 0.3) is 11.3 Å². The number of imidazole rings is 1. The van der Waals surface area contributed by atoms with Gasteiger partial charge in [0.15, 0.2) is 5.69 Å². The molecule has 2 aromatic rings. The molecule has 2 aliphatic heterocycles. The summed E-state index contributed by atoms with van der Waals surface area (Å²) in [6, 6.07) is 8.75. The molecule has 0 spiro atoms. The zero-order chi connectivity index (χ0) is 12.8. The van der Waals surface area contributed by atoms with Crippen molar-refractivity contribution in [2.75, 3.05) is 13.1 Å². The first-order chi connectivity index (χ1) is 9.34. The minimum absolute atomic E-state index is 0.229. The van der Waals surface area contributed by atoms with Crippen molar-refractivity contribution in [1.29, 1.82) is 0 Å². The number of nitrogens with zero attached hydrogens (tertiary/aromatic N) is 1. The smallest absolute Gasteiger partial charge is 0.242 e. The second kappa shape index (κ2) is 4.18. The molecule has 2 aliphatic rings. The molecule has 19 heavy (non-hydrogen) atoms. The average Bonchev–Trinajstić information content (AvgIpc) is 2.91. The fraction of sp³-hybridized carbons (Fsp3) is 0.400. The largest absolute Gasteiger partial charge is 0.393 e. The number of fused-ring (bicyclic) bond motifs is 3. The lowest BCUT2D eigenvalue weighted by Gasteiger charge is -2.32. The second-order valence-electron chi connectivity index (χ2n) is 5.56. The van der Waals surface area contributed by atoms with Crippen LogP contribution < -0.4 is 9.88 Å². The Morgan fingerprint density at radius 2 is 2.16 bits per heavy atom. The highest BCUT2D eigenvalue weighted by Crippen LogP contribution is 2.36. The Balaban J connectivity index is 1.68. The van der Waals surface area contributed by atoms with E-state index in [1.54, 1.807) is 0 Å². The summed E-state index contributed by atoms with van der Waals surface area (Å²) in [5.41, 5.74) is 3.84. The van der Waals surface area contributed by atoms with Crippen molar-refractivity contribution in [2.45, 2.75) is 18.6 Å². The van der Waals surface area contributed by atoms with Gasteiger partial charge in [-0.25, -0.2) is 9.55 Å². The van der Waals surface area contributed by atoms with Gasteiger partial charge in [-0.05, 0) is 0 Å². The van der Waals surface area contributed by atoms with E-state index in [9.17, 15) is 5.11 Å². The van der Waals surface area contributed by atoms with E-state index in [2.05, 4.69) is 39.1 Å². The van der Waals surface area contributed by atoms with Crippen molar-refractivity contribution in [3.63, 3.8) is 0 Å². The maximum atomic E-state index is 10.4. The van der Waals surface area contributed by atoms with Gasteiger partial charge in [-0.15, -0.1) is 0 Å². The summed E-state index contributed by atoms with van der Waals surface area (Å²) in [5, 5.41) is 13.6. The Bertz CT molecular complexity index is 603. The van der Waals surface area contributed by atoms with E-state index >= 15 is 0 Å². The van der Waals surface area contributed by atoms with E-state index in [1.807, 2.05) is 12.5 Å². The normalized spacial score (nSPS) is 22.7. The van der Waals surface area contributed by atoms with Gasteiger partial charge >= 0.3 is 0 Å². The molecule has 3 heterocycles. The zero-order valence-corrected chi connectivity index (χ0v) is 10.7. The van der Waals surface area contributed by atoms with E-state index in [4.69, 9.17) is 0 Å². The molecule has 1 fully saturated rings. The molecular formula is C15H18N3O+. The zero-order valence-electron chi connectivity index (χ0n) is 10.7. The Kier molecular flexibility index (Phi) is 2.47. The Morgan fingerprint density at radius 1 is 1.32 bits per heavy atom. The second-order valence-corrected chi connectivity index (χ2v) is 5.56. The number of aliphatic hydroxyl groups is 1. The maximum absolute atomic E-state index is 10.4. The topological polar surface area (TPSA) is 51.9 Å². The predicted molar refractivity (Wildman–Crippen MR) is 71.5 cm³/mol. The number of hydrogen-bond acceptors (Lipinski definition) is 2. The Hall–Kier alpha value is -1.65. The van der Waals surface area contributed by atoms with Gasteiger partial charge < -0.3 is 10.4 Å². The van der Waals surface area contributed by atoms with Gasteiger partial charge in [0.2, 0.25) is 6.33 Å². The predicted octanol–water partition coefficient (Wildman–Crippen LogP) is 0.842. The molecule has 1 aromatic carbocycles. The summed E-state index contributed by atoms with van der Waals surface area (Å²) in [6.07, 6.45) is 4.61. The minimum atomic E-state index is -0.229. The van der Waals surface area contributed by atoms with Gasteiger partial charge in [-0.2, -0.15) is 0 Å². The lowest BCUT2D eigenvalue weighted by Crippen LogP contribution is -2.50. The summed E-state index contributed by atoms with van der Waals surface area (Å²) in [7, 11) is 0. The van der Waals surface area contributed by atoms with Gasteiger partial charge in [0.1, 0.15) is 12.2 Å². The standard InChI is InChI=1S/C15H17N3O/c19-15(10-6-16-7-10)5-13-11-3-1-2-4-12(11)14-8-17-9-18(13)14/h1-4,8-10,13,15-16,19H,5-7H2/p+1. The molecule has 0 bridgehead atoms. The molecule has 0 aliphatic carbocycles. The van der Waals surface area contributed by atoms with Crippen LogP contribution in [0.15, 0.2) is 36.8 Å². The third-order valence-corrected chi connectivity index (χ3v) is 4.47. The van der Waals surface area contributed by atoms with Crippen LogP contribution in [-0.2, 0) is 0 Å². The molecule has 4 rings (SSSR count). The van der Waals surface area contributed by atoms with Crippen molar-refractivity contribution in [3.05, 3.63) is 42.4 Å². The summed E-state index contributed by atoms with van der Waals surface area (Å²) in [5.74, 6) is 0.413. The first kappa shape index (κ1) is 11.2. The van der Waals surface area contributed by atoms with Crippen molar-refractivity contribution in [2.24, 2.45) is 5.92 Å². The summed E-state index contributed by atoms with van der Waals surface area (Å²) in [6.45, 7) is 1.89. The lowest BCUT2D eigenvalue weighted by molar-refractivity contribution is -0.698. The van der Waals surface area contributed by atoms with Gasteiger partial charge in [0.25, 0.3) is 0 Å². The van der Waals surface area contributed by atoms with Crippen LogP contribution in [0.2, 0.25) is 0 Å². The quantitative estimate of drug-likeness (QED) is 0.713. The van der Waals surface area contributed by atoms with Crippen LogP contribution in [0.1, 0.15) is 18.0 Å². The average molecular weight is 256 g/mol. The van der Waals surface area contributed by atoms with Crippen molar-refractivity contribution >= 4 is 0 Å². The summed E-state index contributed by atoms with van der Waals surface area (Å²) in [4.78, 5) is 3.17. The molecule has 1 aromatic heterocycles. The SMILES string of the molecule is OC(CC1c2ccccc2-c2c[nH]c[n+]21)C1CNC1. The maximum Gasteiger partial charge on any atom is 0.242 e. The summed E-state index contributed by atoms with van der Waals surface area (Å²) < 4.78 is 2.25. The van der Waals surface area contributed by atoms with Crippen LogP contribution in [-0.4, -0.2) is 29.3 Å². The number of hydrogen-bond donors (Lipinski definition) is 3. The first-order valence-electron chi connectivity index (χ1n) is 6.90. The molecule has 0 radical (unpaired) electrons. The highest BCUT2D eigenvalue weighted by atomic mass is 16.3. The molecule has 1 saturated heterocycles. The molecular weight excluding hydrogens is 238 g/mol. The molecule has 0 saturated carbocycles. The van der Waals surface area contributed by atoms with E-state index < -0.39 is 0 Å². The number of aromatic amines is 1. The summed E-state index contributed by atoms with van der Waals surface area (Å²) >= 11 is 0. The van der Waals surface area contributed by atoms with Gasteiger partial charge in [-0.3, -0.25) is 0 Å². The Labute approximate surface area is 112 Å². The number of benzene rings is 1. The molecule has 4 heteroatoms. The highest BCUT2D eigenvalue weighted by Gasteiger charge is 2.37. The van der Waals surface area contributed by atoms with Crippen LogP contribution in [0, 0.1) is 5.92 Å². The van der Waals surface area contributed by atoms with Crippen LogP contribution in [0.4, 0.5) is 0 Å². The Morgan fingerprint density at radius 3 is 2.95 bits per heavy atom. The van der Waals surface area contributed by atoms with E-state index in [0.29, 0.717) is 5.92 Å². The monoisotopic (exact) mass is 256 g/mol. The third-order valence-electron chi connectivity index (χ3n) is 4.47. The van der Waals surface area contributed by atoms with Crippen LogP contribution in [0.5, 0.6) is 0 Å². The number of rotatable bonds is 3. The lowest BCUT2D eigenvalue weighted by atomic mass is 9.89. The number of H-pyrrole nitrogens is 1. The molecule has 3 N–H and O–H groups in total. The fourth-order valence-electron chi connectivity index (χ4n) is 3.23. The van der Waals surface area contributed by atoms with Crippen LogP contribution in [0.3, 0.4) is 0 Å². The van der Waals surface area contributed by atoms with Crippen LogP contribution >= 0.6 is 0 Å². The minimum Gasteiger partial charge on any atom is -0.393 e. The third kappa shape index (κ3) is 1.64. The fourth-order valence-corrected chi connectivity index (χ4v) is 3.23. The number of nitrogens with one attached hydrogen (secondary N) is 2. The number of aliphatic hydroxyl groups excluding tert-OH is 1. The van der Waals surface area contributed by atoms with Crippen molar-refractivity contribution in [3.8, 4) is 11.3 Å². The molecule has 98 valence electrons. The molecule has 2 unspecified atom stereocenters. The van der Waals surface area contributed by atoms with E-state index in [-0.39, 0.29) is 12.1 Å². The van der Waals surface area contributed by atoms with Gasteiger partial charge in [0, 0.05) is 36.6 Å². The van der Waals surface area contributed by atoms with Gasteiger partial charge in [0.05, 0.1) is 6.10 Å². The highest BCUT2D eigenvalue weighted by molar-refractivity contribution is 5.63. The molecule has 2 atom stereocenters. The molecule has 4 nitrogen and oxygen atoms in total. The van der Waals surface area contributed by atoms with E-state index in [0.717, 1.165) is 19.5 Å². The molecule has 0 amide bonds. The number of aromatic nitrogens is 2. The van der Waals surface area contributed by atoms with Gasteiger partial charge in [-0.1, -0.05) is 24.3 Å². The van der Waals surface area contributed by atoms with Crippen molar-refractivity contribution < 1.29 is 9.67 Å². The van der Waals surface area contributed by atoms with Crippen molar-refractivity contribution in [1.82, 2.24) is 10.3 Å².